The zero-order chi connectivity index (χ0) is 16.8. The van der Waals surface area contributed by atoms with Crippen molar-refractivity contribution in [2.24, 2.45) is 5.84 Å². The molecule has 6 nitrogen and oxygen atoms in total. The number of aromatic hydroxyl groups is 1. The third-order valence-corrected chi connectivity index (χ3v) is 3.10. The van der Waals surface area contributed by atoms with Gasteiger partial charge >= 0.3 is 0 Å². The van der Waals surface area contributed by atoms with Crippen molar-refractivity contribution in [1.82, 2.24) is 5.01 Å². The van der Waals surface area contributed by atoms with Crippen LogP contribution in [0, 0.1) is 0 Å². The van der Waals surface area contributed by atoms with E-state index in [1.165, 1.54) is 43.5 Å². The molecule has 6 heteroatoms. The molecule has 0 saturated carbocycles. The van der Waals surface area contributed by atoms with Crippen molar-refractivity contribution in [1.29, 1.82) is 0 Å². The van der Waals surface area contributed by atoms with Crippen LogP contribution in [-0.4, -0.2) is 29.0 Å². The fourth-order valence-electron chi connectivity index (χ4n) is 1.81. The third kappa shape index (κ3) is 4.18. The number of phenolic OH excluding ortho intramolecular Hbond substituents is 1. The third-order valence-electron chi connectivity index (χ3n) is 3.10. The molecule has 0 fully saturated rings. The van der Waals surface area contributed by atoms with E-state index in [-0.39, 0.29) is 11.3 Å². The highest BCUT2D eigenvalue weighted by Gasteiger charge is 2.17. The Kier molecular flexibility index (Phi) is 5.11. The number of hydrogen-bond donors (Lipinski definition) is 2. The normalized spacial score (nSPS) is 10.5. The summed E-state index contributed by atoms with van der Waals surface area (Å²) in [5.41, 5.74) is 0.973. The Bertz CT molecular complexity index is 721. The number of ether oxygens (including phenoxy) is 1. The lowest BCUT2D eigenvalue weighted by atomic mass is 10.2. The number of carbonyl (C=O) groups excluding carboxylic acids is 2. The largest absolute Gasteiger partial charge is 0.508 e. The number of amides is 2. The lowest BCUT2D eigenvalue weighted by molar-refractivity contribution is -0.123. The lowest BCUT2D eigenvalue weighted by Gasteiger charge is -2.12. The Morgan fingerprint density at radius 2 is 1.70 bits per heavy atom. The second kappa shape index (κ2) is 7.24. The van der Waals surface area contributed by atoms with Gasteiger partial charge in [0.1, 0.15) is 11.5 Å². The lowest BCUT2D eigenvalue weighted by Crippen LogP contribution is -2.41. The highest BCUT2D eigenvalue weighted by Crippen LogP contribution is 2.13. The molecular formula is C17H16N2O4. The van der Waals surface area contributed by atoms with Gasteiger partial charge in [-0.1, -0.05) is 12.1 Å². The number of methoxy groups -OCH3 is 1. The quantitative estimate of drug-likeness (QED) is 0.389. The standard InChI is InChI=1S/C17H16N2O4/c1-23-15-9-5-13(6-10-15)17(22)19(18)16(21)11-4-12-2-7-14(20)8-3-12/h2-11,20H,18H2,1H3/b11-4+. The van der Waals surface area contributed by atoms with E-state index in [0.717, 1.165) is 0 Å². The minimum Gasteiger partial charge on any atom is -0.508 e. The van der Waals surface area contributed by atoms with Crippen LogP contribution in [0.25, 0.3) is 6.08 Å². The fraction of sp³-hybridized carbons (Fsp3) is 0.0588. The van der Waals surface area contributed by atoms with Crippen LogP contribution in [-0.2, 0) is 4.79 Å². The molecule has 0 saturated heterocycles. The molecule has 0 unspecified atom stereocenters. The molecule has 0 heterocycles. The van der Waals surface area contributed by atoms with Gasteiger partial charge in [0.2, 0.25) is 0 Å². The minimum absolute atomic E-state index is 0.128. The summed E-state index contributed by atoms with van der Waals surface area (Å²) in [7, 11) is 1.52. The van der Waals surface area contributed by atoms with Crippen LogP contribution in [0.15, 0.2) is 54.6 Å². The first-order valence-corrected chi connectivity index (χ1v) is 6.75. The Morgan fingerprint density at radius 1 is 1.09 bits per heavy atom. The summed E-state index contributed by atoms with van der Waals surface area (Å²) in [5.74, 6) is 5.02. The average Bonchev–Trinajstić information content (AvgIpc) is 2.59. The van der Waals surface area contributed by atoms with Crippen LogP contribution in [0.1, 0.15) is 15.9 Å². The Labute approximate surface area is 133 Å². The van der Waals surface area contributed by atoms with Gasteiger partial charge in [-0.15, -0.1) is 0 Å². The maximum atomic E-state index is 12.1. The van der Waals surface area contributed by atoms with E-state index < -0.39 is 11.8 Å². The molecule has 0 bridgehead atoms. The second-order valence-electron chi connectivity index (χ2n) is 4.67. The zero-order valence-corrected chi connectivity index (χ0v) is 12.5. The molecule has 0 aromatic heterocycles. The van der Waals surface area contributed by atoms with Crippen molar-refractivity contribution in [2.75, 3.05) is 7.11 Å². The number of benzene rings is 2. The maximum absolute atomic E-state index is 12.1. The van der Waals surface area contributed by atoms with E-state index in [0.29, 0.717) is 16.3 Å². The molecule has 0 atom stereocenters. The molecule has 2 aromatic rings. The van der Waals surface area contributed by atoms with Crippen LogP contribution in [0.2, 0.25) is 0 Å². The fourth-order valence-corrected chi connectivity index (χ4v) is 1.81. The molecule has 2 rings (SSSR count). The van der Waals surface area contributed by atoms with Crippen LogP contribution < -0.4 is 10.6 Å². The summed E-state index contributed by atoms with van der Waals surface area (Å²) in [4.78, 5) is 24.1. The molecule has 0 aliphatic heterocycles. The first-order valence-electron chi connectivity index (χ1n) is 6.75. The first-order chi connectivity index (χ1) is 11.0. The van der Waals surface area contributed by atoms with E-state index >= 15 is 0 Å². The number of hydrazine groups is 1. The smallest absolute Gasteiger partial charge is 0.275 e. The predicted molar refractivity (Wildman–Crippen MR) is 85.5 cm³/mol. The number of imide groups is 1. The van der Waals surface area contributed by atoms with Crippen LogP contribution >= 0.6 is 0 Å². The number of carbonyl (C=O) groups is 2. The van der Waals surface area contributed by atoms with Gasteiger partial charge in [0.05, 0.1) is 7.11 Å². The number of hydrogen-bond acceptors (Lipinski definition) is 5. The maximum Gasteiger partial charge on any atom is 0.275 e. The first kappa shape index (κ1) is 16.3. The summed E-state index contributed by atoms with van der Waals surface area (Å²) in [6.07, 6.45) is 2.69. The molecular weight excluding hydrogens is 296 g/mol. The van der Waals surface area contributed by atoms with Crippen molar-refractivity contribution in [3.8, 4) is 11.5 Å². The molecule has 0 spiro atoms. The minimum atomic E-state index is -0.654. The summed E-state index contributed by atoms with van der Waals surface area (Å²) < 4.78 is 5.00. The van der Waals surface area contributed by atoms with E-state index in [1.807, 2.05) is 0 Å². The summed E-state index contributed by atoms with van der Waals surface area (Å²) in [6, 6.07) is 12.5. The van der Waals surface area contributed by atoms with Gasteiger partial charge in [0.15, 0.2) is 0 Å². The Morgan fingerprint density at radius 3 is 2.26 bits per heavy atom. The van der Waals surface area contributed by atoms with Gasteiger partial charge in [0, 0.05) is 11.6 Å². The predicted octanol–water partition coefficient (Wildman–Crippen LogP) is 1.96. The van der Waals surface area contributed by atoms with Gasteiger partial charge in [0.25, 0.3) is 11.8 Å². The molecule has 0 aliphatic rings. The molecule has 2 aromatic carbocycles. The monoisotopic (exact) mass is 312 g/mol. The second-order valence-corrected chi connectivity index (χ2v) is 4.67. The summed E-state index contributed by atoms with van der Waals surface area (Å²) >= 11 is 0. The van der Waals surface area contributed by atoms with E-state index in [1.54, 1.807) is 24.3 Å². The molecule has 2 amide bonds. The van der Waals surface area contributed by atoms with Crippen molar-refractivity contribution >= 4 is 17.9 Å². The van der Waals surface area contributed by atoms with Crippen LogP contribution in [0.5, 0.6) is 11.5 Å². The van der Waals surface area contributed by atoms with Crippen molar-refractivity contribution in [3.63, 3.8) is 0 Å². The van der Waals surface area contributed by atoms with E-state index in [4.69, 9.17) is 10.6 Å². The number of rotatable bonds is 4. The highest BCUT2D eigenvalue weighted by atomic mass is 16.5. The molecule has 0 radical (unpaired) electrons. The van der Waals surface area contributed by atoms with E-state index in [2.05, 4.69) is 0 Å². The van der Waals surface area contributed by atoms with Crippen molar-refractivity contribution < 1.29 is 19.4 Å². The highest BCUT2D eigenvalue weighted by molar-refractivity contribution is 6.08. The Balaban J connectivity index is 2.05. The Hall–Kier alpha value is -3.12. The topological polar surface area (TPSA) is 92.9 Å². The number of nitrogens with zero attached hydrogens (tertiary/aromatic N) is 1. The number of phenols is 1. The SMILES string of the molecule is COc1ccc(C(=O)N(N)C(=O)/C=C/c2ccc(O)cc2)cc1. The van der Waals surface area contributed by atoms with Gasteiger partial charge in [-0.25, -0.2) is 10.9 Å². The van der Waals surface area contributed by atoms with Gasteiger partial charge in [-0.2, -0.15) is 0 Å². The average molecular weight is 312 g/mol. The van der Waals surface area contributed by atoms with Gasteiger partial charge in [-0.05, 0) is 48.0 Å². The van der Waals surface area contributed by atoms with Gasteiger partial charge < -0.3 is 9.84 Å². The van der Waals surface area contributed by atoms with Crippen LogP contribution in [0.4, 0.5) is 0 Å². The summed E-state index contributed by atoms with van der Waals surface area (Å²) in [5, 5.41) is 9.73. The molecule has 3 N–H and O–H groups in total. The van der Waals surface area contributed by atoms with E-state index in [9.17, 15) is 14.7 Å². The molecule has 0 aliphatic carbocycles. The van der Waals surface area contributed by atoms with Gasteiger partial charge in [-0.3, -0.25) is 9.59 Å². The van der Waals surface area contributed by atoms with Crippen molar-refractivity contribution in [3.05, 3.63) is 65.7 Å². The number of nitrogens with two attached hydrogens (primary N) is 1. The molecule has 23 heavy (non-hydrogen) atoms. The van der Waals surface area contributed by atoms with Crippen LogP contribution in [0.3, 0.4) is 0 Å². The van der Waals surface area contributed by atoms with Crippen molar-refractivity contribution in [2.45, 2.75) is 0 Å². The molecule has 118 valence electrons. The zero-order valence-electron chi connectivity index (χ0n) is 12.5. The summed E-state index contributed by atoms with van der Waals surface area (Å²) in [6.45, 7) is 0.